The van der Waals surface area contributed by atoms with Crippen LogP contribution in [0.5, 0.6) is 0 Å². The predicted octanol–water partition coefficient (Wildman–Crippen LogP) is 4.61. The van der Waals surface area contributed by atoms with Gasteiger partial charge in [0, 0.05) is 41.2 Å². The predicted molar refractivity (Wildman–Crippen MR) is 114 cm³/mol. The summed E-state index contributed by atoms with van der Waals surface area (Å²) in [5.41, 5.74) is 2.79. The summed E-state index contributed by atoms with van der Waals surface area (Å²) >= 11 is 6.05. The van der Waals surface area contributed by atoms with Crippen LogP contribution in [0.1, 0.15) is 12.8 Å². The summed E-state index contributed by atoms with van der Waals surface area (Å²) in [5.74, 6) is 2.19. The second-order valence-corrected chi connectivity index (χ2v) is 7.77. The fourth-order valence-corrected chi connectivity index (χ4v) is 3.57. The Morgan fingerprint density at radius 3 is 2.57 bits per heavy atom. The number of halogens is 1. The number of pyridine rings is 1. The number of piperidine rings is 1. The quantitative estimate of drug-likeness (QED) is 0.685. The monoisotopic (exact) mass is 393 g/mol. The van der Waals surface area contributed by atoms with Crippen LogP contribution in [-0.4, -0.2) is 46.5 Å². The first-order chi connectivity index (χ1) is 13.7. The molecule has 4 rings (SSSR count). The van der Waals surface area contributed by atoms with Crippen molar-refractivity contribution in [2.24, 2.45) is 5.92 Å². The topological polar surface area (TPSA) is 53.9 Å². The van der Waals surface area contributed by atoms with Crippen molar-refractivity contribution in [2.45, 2.75) is 12.8 Å². The Balaban J connectivity index is 1.61. The van der Waals surface area contributed by atoms with Crippen molar-refractivity contribution < 1.29 is 0 Å². The average molecular weight is 394 g/mol. The van der Waals surface area contributed by atoms with Crippen LogP contribution in [-0.2, 0) is 0 Å². The van der Waals surface area contributed by atoms with Crippen molar-refractivity contribution in [1.82, 2.24) is 19.9 Å². The molecule has 0 amide bonds. The minimum absolute atomic E-state index is 0.673. The first-order valence-corrected chi connectivity index (χ1v) is 10.0. The molecule has 144 valence electrons. The third-order valence-corrected chi connectivity index (χ3v) is 5.45. The Kier molecular flexibility index (Phi) is 5.84. The largest absolute Gasteiger partial charge is 0.370 e. The molecule has 6 heteroatoms. The summed E-state index contributed by atoms with van der Waals surface area (Å²) < 4.78 is 0. The zero-order valence-corrected chi connectivity index (χ0v) is 16.7. The molecule has 1 N–H and O–H groups in total. The van der Waals surface area contributed by atoms with Gasteiger partial charge in [0.05, 0.1) is 5.69 Å². The van der Waals surface area contributed by atoms with E-state index in [0.29, 0.717) is 16.8 Å². The van der Waals surface area contributed by atoms with Crippen molar-refractivity contribution in [2.75, 3.05) is 32.0 Å². The van der Waals surface area contributed by atoms with Crippen LogP contribution in [0.3, 0.4) is 0 Å². The van der Waals surface area contributed by atoms with Gasteiger partial charge in [-0.25, -0.2) is 9.97 Å². The molecule has 0 unspecified atom stereocenters. The Labute approximate surface area is 170 Å². The van der Waals surface area contributed by atoms with Crippen molar-refractivity contribution in [3.05, 3.63) is 59.9 Å². The summed E-state index contributed by atoms with van der Waals surface area (Å²) in [7, 11) is 2.19. The number of likely N-dealkylation sites (tertiary alicyclic amines) is 1. The highest BCUT2D eigenvalue weighted by Gasteiger charge is 2.17. The highest BCUT2D eigenvalue weighted by molar-refractivity contribution is 6.30. The van der Waals surface area contributed by atoms with E-state index in [1.807, 2.05) is 42.5 Å². The fraction of sp³-hybridized carbons (Fsp3) is 0.318. The molecule has 3 heterocycles. The molecule has 0 atom stereocenters. The number of benzene rings is 1. The lowest BCUT2D eigenvalue weighted by atomic mass is 9.97. The average Bonchev–Trinajstić information content (AvgIpc) is 2.74. The maximum atomic E-state index is 6.05. The van der Waals surface area contributed by atoms with Crippen molar-refractivity contribution >= 4 is 17.4 Å². The third kappa shape index (κ3) is 4.66. The molecular formula is C22H24ClN5. The molecule has 0 radical (unpaired) electrons. The van der Waals surface area contributed by atoms with E-state index in [1.54, 1.807) is 12.4 Å². The second-order valence-electron chi connectivity index (χ2n) is 7.34. The van der Waals surface area contributed by atoms with Crippen LogP contribution in [0.25, 0.3) is 22.6 Å². The molecule has 1 aliphatic rings. The zero-order valence-electron chi connectivity index (χ0n) is 16.0. The van der Waals surface area contributed by atoms with E-state index >= 15 is 0 Å². The third-order valence-electron chi connectivity index (χ3n) is 5.20. The number of anilines is 1. The van der Waals surface area contributed by atoms with Crippen LogP contribution < -0.4 is 5.32 Å². The molecule has 28 heavy (non-hydrogen) atoms. The number of aromatic nitrogens is 3. The summed E-state index contributed by atoms with van der Waals surface area (Å²) in [6, 6.07) is 13.6. The van der Waals surface area contributed by atoms with Crippen molar-refractivity contribution in [3.8, 4) is 22.6 Å². The molecular weight excluding hydrogens is 370 g/mol. The van der Waals surface area contributed by atoms with Crippen LogP contribution >= 0.6 is 11.6 Å². The van der Waals surface area contributed by atoms with Gasteiger partial charge in [0.1, 0.15) is 5.82 Å². The van der Waals surface area contributed by atoms with E-state index in [-0.39, 0.29) is 0 Å². The smallest absolute Gasteiger partial charge is 0.163 e. The van der Waals surface area contributed by atoms with E-state index in [0.717, 1.165) is 42.3 Å². The van der Waals surface area contributed by atoms with Crippen LogP contribution in [0.2, 0.25) is 5.02 Å². The molecule has 1 aliphatic heterocycles. The maximum Gasteiger partial charge on any atom is 0.163 e. The van der Waals surface area contributed by atoms with Crippen LogP contribution in [0.15, 0.2) is 54.9 Å². The molecule has 2 aromatic heterocycles. The standard InChI is InChI=1S/C22H24ClN5/c1-28-11-8-16(9-12-28)14-25-21-13-20(17-4-6-19(23)7-5-17)26-22(27-21)18-3-2-10-24-15-18/h2-7,10,13,15-16H,8-9,11-12,14H2,1H3,(H,25,26,27). The number of nitrogens with one attached hydrogen (secondary N) is 1. The molecule has 1 fully saturated rings. The van der Waals surface area contributed by atoms with Gasteiger partial charge < -0.3 is 10.2 Å². The molecule has 0 saturated carbocycles. The molecule has 0 spiro atoms. The Morgan fingerprint density at radius 1 is 1.07 bits per heavy atom. The maximum absolute atomic E-state index is 6.05. The molecule has 0 bridgehead atoms. The van der Waals surface area contributed by atoms with Gasteiger partial charge in [0.15, 0.2) is 5.82 Å². The Bertz CT molecular complexity index is 906. The lowest BCUT2D eigenvalue weighted by Crippen LogP contribution is -2.33. The van der Waals surface area contributed by atoms with Gasteiger partial charge in [-0.2, -0.15) is 0 Å². The molecule has 3 aromatic rings. The van der Waals surface area contributed by atoms with E-state index < -0.39 is 0 Å². The van der Waals surface area contributed by atoms with Gasteiger partial charge in [-0.1, -0.05) is 23.7 Å². The van der Waals surface area contributed by atoms with E-state index in [1.165, 1.54) is 12.8 Å². The second kappa shape index (κ2) is 8.67. The Hall–Kier alpha value is -2.50. The van der Waals surface area contributed by atoms with Crippen LogP contribution in [0, 0.1) is 5.92 Å². The van der Waals surface area contributed by atoms with E-state index in [4.69, 9.17) is 21.6 Å². The number of rotatable bonds is 5. The minimum atomic E-state index is 0.673. The summed E-state index contributed by atoms with van der Waals surface area (Å²) in [5, 5.41) is 4.26. The van der Waals surface area contributed by atoms with Gasteiger partial charge in [0.2, 0.25) is 0 Å². The first-order valence-electron chi connectivity index (χ1n) is 9.65. The SMILES string of the molecule is CN1CCC(CNc2cc(-c3ccc(Cl)cc3)nc(-c3cccnc3)n2)CC1. The van der Waals surface area contributed by atoms with Crippen molar-refractivity contribution in [1.29, 1.82) is 0 Å². The van der Waals surface area contributed by atoms with Gasteiger partial charge in [0.25, 0.3) is 0 Å². The molecule has 0 aliphatic carbocycles. The van der Waals surface area contributed by atoms with Crippen LogP contribution in [0.4, 0.5) is 5.82 Å². The normalized spacial score (nSPS) is 15.5. The summed E-state index contributed by atoms with van der Waals surface area (Å²) in [4.78, 5) is 16.1. The number of hydrogen-bond donors (Lipinski definition) is 1. The van der Waals surface area contributed by atoms with Gasteiger partial charge >= 0.3 is 0 Å². The first kappa shape index (κ1) is 18.8. The van der Waals surface area contributed by atoms with E-state index in [2.05, 4.69) is 22.2 Å². The van der Waals surface area contributed by atoms with Gasteiger partial charge in [-0.3, -0.25) is 4.98 Å². The van der Waals surface area contributed by atoms with E-state index in [9.17, 15) is 0 Å². The Morgan fingerprint density at radius 2 is 1.86 bits per heavy atom. The van der Waals surface area contributed by atoms with Gasteiger partial charge in [-0.05, 0) is 63.2 Å². The lowest BCUT2D eigenvalue weighted by Gasteiger charge is -2.29. The number of hydrogen-bond acceptors (Lipinski definition) is 5. The molecule has 5 nitrogen and oxygen atoms in total. The van der Waals surface area contributed by atoms with Gasteiger partial charge in [-0.15, -0.1) is 0 Å². The summed E-state index contributed by atoms with van der Waals surface area (Å²) in [6.07, 6.45) is 5.98. The zero-order chi connectivity index (χ0) is 19.3. The molecule has 1 aromatic carbocycles. The number of nitrogens with zero attached hydrogens (tertiary/aromatic N) is 4. The summed E-state index contributed by atoms with van der Waals surface area (Å²) in [6.45, 7) is 3.25. The highest BCUT2D eigenvalue weighted by atomic mass is 35.5. The van der Waals surface area contributed by atoms with Crippen molar-refractivity contribution in [3.63, 3.8) is 0 Å². The highest BCUT2D eigenvalue weighted by Crippen LogP contribution is 2.26. The fourth-order valence-electron chi connectivity index (χ4n) is 3.45. The lowest BCUT2D eigenvalue weighted by molar-refractivity contribution is 0.226. The minimum Gasteiger partial charge on any atom is -0.370 e. The molecule has 1 saturated heterocycles.